The standard InChI is InChI=1S/C21H24FN3OS.ClH/c22-14-6-4-13(5-7-14)20-25-17-3-1-2-16(18(17)27-20)24-19(26)15-12-21(15)8-10-23-11-9-21;/h4-7,15-16,23H,1-3,8-12H2,(H,24,26);1H. The maximum Gasteiger partial charge on any atom is 0.224 e. The fraction of sp³-hybridized carbons (Fsp3) is 0.524. The van der Waals surface area contributed by atoms with E-state index in [-0.39, 0.29) is 41.5 Å². The highest BCUT2D eigenvalue weighted by Crippen LogP contribution is 2.58. The Kier molecular flexibility index (Phi) is 5.47. The first-order chi connectivity index (χ1) is 13.1. The zero-order valence-corrected chi connectivity index (χ0v) is 17.3. The molecule has 2 N–H and O–H groups in total. The van der Waals surface area contributed by atoms with Gasteiger partial charge in [-0.05, 0) is 81.3 Å². The minimum atomic E-state index is -0.235. The topological polar surface area (TPSA) is 54.0 Å². The molecule has 1 amide bonds. The van der Waals surface area contributed by atoms with Gasteiger partial charge >= 0.3 is 0 Å². The maximum absolute atomic E-state index is 13.2. The molecule has 1 spiro atoms. The molecule has 28 heavy (non-hydrogen) atoms. The summed E-state index contributed by atoms with van der Waals surface area (Å²) in [4.78, 5) is 18.9. The Balaban J connectivity index is 0.00000192. The van der Waals surface area contributed by atoms with E-state index in [1.54, 1.807) is 23.5 Å². The zero-order valence-electron chi connectivity index (χ0n) is 15.7. The number of carbonyl (C=O) groups excluding carboxylic acids is 1. The van der Waals surface area contributed by atoms with Gasteiger partial charge in [-0.15, -0.1) is 23.7 Å². The highest BCUT2D eigenvalue weighted by Gasteiger charge is 2.57. The fourth-order valence-electron chi connectivity index (χ4n) is 4.74. The number of benzene rings is 1. The third kappa shape index (κ3) is 3.58. The lowest BCUT2D eigenvalue weighted by Crippen LogP contribution is -2.35. The summed E-state index contributed by atoms with van der Waals surface area (Å²) >= 11 is 1.65. The van der Waals surface area contributed by atoms with E-state index in [0.717, 1.165) is 67.9 Å². The molecule has 1 aromatic heterocycles. The van der Waals surface area contributed by atoms with E-state index in [2.05, 4.69) is 10.6 Å². The molecule has 0 bridgehead atoms. The number of nitrogens with one attached hydrogen (secondary N) is 2. The van der Waals surface area contributed by atoms with Crippen LogP contribution in [-0.4, -0.2) is 24.0 Å². The molecule has 2 aromatic rings. The van der Waals surface area contributed by atoms with Gasteiger partial charge < -0.3 is 10.6 Å². The number of amides is 1. The number of carbonyl (C=O) groups is 1. The Morgan fingerprint density at radius 2 is 2.00 bits per heavy atom. The van der Waals surface area contributed by atoms with Gasteiger partial charge in [0.2, 0.25) is 5.91 Å². The number of thiazole rings is 1. The van der Waals surface area contributed by atoms with Crippen molar-refractivity contribution in [1.82, 2.24) is 15.6 Å². The lowest BCUT2D eigenvalue weighted by molar-refractivity contribution is -0.124. The summed E-state index contributed by atoms with van der Waals surface area (Å²) in [6.07, 6.45) is 6.27. The zero-order chi connectivity index (χ0) is 18.4. The molecule has 4 nitrogen and oxygen atoms in total. The second-order valence-corrected chi connectivity index (χ2v) is 9.19. The van der Waals surface area contributed by atoms with Crippen molar-refractivity contribution in [2.45, 2.75) is 44.6 Å². The normalized spacial score (nSPS) is 24.9. The van der Waals surface area contributed by atoms with E-state index in [4.69, 9.17) is 4.98 Å². The molecule has 0 radical (unpaired) electrons. The van der Waals surface area contributed by atoms with Crippen molar-refractivity contribution in [1.29, 1.82) is 0 Å². The van der Waals surface area contributed by atoms with E-state index in [9.17, 15) is 9.18 Å². The van der Waals surface area contributed by atoms with Crippen LogP contribution in [0.1, 0.15) is 48.7 Å². The van der Waals surface area contributed by atoms with Crippen molar-refractivity contribution in [3.05, 3.63) is 40.7 Å². The average Bonchev–Trinajstić information content (AvgIpc) is 3.18. The van der Waals surface area contributed by atoms with Crippen molar-refractivity contribution in [2.24, 2.45) is 11.3 Å². The molecule has 1 saturated carbocycles. The highest BCUT2D eigenvalue weighted by molar-refractivity contribution is 7.15. The first-order valence-corrected chi connectivity index (χ1v) is 10.7. The summed E-state index contributed by atoms with van der Waals surface area (Å²) < 4.78 is 13.2. The highest BCUT2D eigenvalue weighted by atomic mass is 35.5. The lowest BCUT2D eigenvalue weighted by Gasteiger charge is -2.25. The van der Waals surface area contributed by atoms with Crippen LogP contribution in [0.4, 0.5) is 4.39 Å². The summed E-state index contributed by atoms with van der Waals surface area (Å²) in [6, 6.07) is 6.57. The minimum Gasteiger partial charge on any atom is -0.348 e. The SMILES string of the molecule is Cl.O=C(NC1CCCc2nc(-c3ccc(F)cc3)sc21)C1CC12CCNCC2. The number of aromatic nitrogens is 1. The Morgan fingerprint density at radius 1 is 1.25 bits per heavy atom. The first kappa shape index (κ1) is 19.8. The molecular weight excluding hydrogens is 397 g/mol. The predicted molar refractivity (Wildman–Crippen MR) is 111 cm³/mol. The Bertz CT molecular complexity index is 863. The van der Waals surface area contributed by atoms with Gasteiger partial charge in [-0.25, -0.2) is 9.37 Å². The van der Waals surface area contributed by atoms with Gasteiger partial charge in [0.15, 0.2) is 0 Å². The van der Waals surface area contributed by atoms with Crippen LogP contribution < -0.4 is 10.6 Å². The first-order valence-electron chi connectivity index (χ1n) is 9.91. The monoisotopic (exact) mass is 421 g/mol. The molecule has 7 heteroatoms. The van der Waals surface area contributed by atoms with Gasteiger partial charge in [-0.3, -0.25) is 4.79 Å². The van der Waals surface area contributed by atoms with Gasteiger partial charge in [0.1, 0.15) is 10.8 Å². The second kappa shape index (κ2) is 7.73. The van der Waals surface area contributed by atoms with E-state index in [1.165, 1.54) is 17.0 Å². The van der Waals surface area contributed by atoms with Gasteiger partial charge in [-0.1, -0.05) is 0 Å². The maximum atomic E-state index is 13.2. The van der Waals surface area contributed by atoms with E-state index >= 15 is 0 Å². The summed E-state index contributed by atoms with van der Waals surface area (Å²) in [5, 5.41) is 7.65. The van der Waals surface area contributed by atoms with Gasteiger partial charge in [0.05, 0.1) is 16.6 Å². The van der Waals surface area contributed by atoms with Crippen LogP contribution in [0.2, 0.25) is 0 Å². The Labute approximate surface area is 174 Å². The van der Waals surface area contributed by atoms with Crippen molar-refractivity contribution >= 4 is 29.7 Å². The average molecular weight is 422 g/mol. The molecule has 2 atom stereocenters. The lowest BCUT2D eigenvalue weighted by atomic mass is 9.91. The molecule has 5 rings (SSSR count). The summed E-state index contributed by atoms with van der Waals surface area (Å²) in [5.74, 6) is 0.183. The number of piperidine rings is 1. The van der Waals surface area contributed by atoms with E-state index < -0.39 is 0 Å². The van der Waals surface area contributed by atoms with E-state index in [1.807, 2.05) is 0 Å². The van der Waals surface area contributed by atoms with Crippen LogP contribution in [0.25, 0.3) is 10.6 Å². The molecule has 2 unspecified atom stereocenters. The molecule has 1 saturated heterocycles. The molecular formula is C21H25ClFN3OS. The number of hydrogen-bond donors (Lipinski definition) is 2. The fourth-order valence-corrected chi connectivity index (χ4v) is 5.94. The summed E-state index contributed by atoms with van der Waals surface area (Å²) in [7, 11) is 0. The number of nitrogens with zero attached hydrogens (tertiary/aromatic N) is 1. The number of hydrogen-bond acceptors (Lipinski definition) is 4. The molecule has 2 fully saturated rings. The quantitative estimate of drug-likeness (QED) is 0.778. The molecule has 1 aromatic carbocycles. The van der Waals surface area contributed by atoms with Gasteiger partial charge in [-0.2, -0.15) is 0 Å². The van der Waals surface area contributed by atoms with Crippen LogP contribution in [0.15, 0.2) is 24.3 Å². The minimum absolute atomic E-state index is 0. The largest absolute Gasteiger partial charge is 0.348 e. The van der Waals surface area contributed by atoms with Crippen molar-refractivity contribution < 1.29 is 9.18 Å². The summed E-state index contributed by atoms with van der Waals surface area (Å²) in [5.41, 5.74) is 2.31. The number of rotatable bonds is 3. The number of fused-ring (bicyclic) bond motifs is 1. The van der Waals surface area contributed by atoms with E-state index in [0.29, 0.717) is 0 Å². The molecule has 2 aliphatic carbocycles. The van der Waals surface area contributed by atoms with Gasteiger partial charge in [0, 0.05) is 11.5 Å². The van der Waals surface area contributed by atoms with Crippen molar-refractivity contribution in [2.75, 3.05) is 13.1 Å². The smallest absolute Gasteiger partial charge is 0.224 e. The Morgan fingerprint density at radius 3 is 2.75 bits per heavy atom. The van der Waals surface area contributed by atoms with Crippen LogP contribution in [0.5, 0.6) is 0 Å². The second-order valence-electron chi connectivity index (χ2n) is 8.16. The Hall–Kier alpha value is -1.50. The van der Waals surface area contributed by atoms with Crippen LogP contribution in [-0.2, 0) is 11.2 Å². The van der Waals surface area contributed by atoms with Crippen LogP contribution >= 0.6 is 23.7 Å². The summed E-state index contributed by atoms with van der Waals surface area (Å²) in [6.45, 7) is 2.07. The van der Waals surface area contributed by atoms with Crippen LogP contribution in [0, 0.1) is 17.2 Å². The van der Waals surface area contributed by atoms with Crippen molar-refractivity contribution in [3.63, 3.8) is 0 Å². The molecule has 1 aliphatic heterocycles. The van der Waals surface area contributed by atoms with Crippen LogP contribution in [0.3, 0.4) is 0 Å². The predicted octanol–water partition coefficient (Wildman–Crippen LogP) is 4.25. The van der Waals surface area contributed by atoms with Crippen molar-refractivity contribution in [3.8, 4) is 10.6 Å². The number of aryl methyl sites for hydroxylation is 1. The third-order valence-electron chi connectivity index (χ3n) is 6.46. The molecule has 150 valence electrons. The number of halogens is 2. The third-order valence-corrected chi connectivity index (χ3v) is 7.72. The molecule has 2 heterocycles. The molecule has 3 aliphatic rings. The van der Waals surface area contributed by atoms with Gasteiger partial charge in [0.25, 0.3) is 0 Å².